The first-order chi connectivity index (χ1) is 13.0. The molecule has 2 fully saturated rings. The van der Waals surface area contributed by atoms with Crippen LogP contribution in [-0.2, 0) is 6.54 Å². The minimum Gasteiger partial charge on any atom is -0.365 e. The molecule has 2 aliphatic heterocycles. The lowest BCUT2D eigenvalue weighted by Gasteiger charge is -2.40. The third kappa shape index (κ3) is 4.16. The first-order valence-electron chi connectivity index (χ1n) is 9.22. The van der Waals surface area contributed by atoms with Crippen molar-refractivity contribution < 1.29 is 4.20 Å². The molecule has 4 rings (SSSR count). The average Bonchev–Trinajstić information content (AvgIpc) is 3.44. The van der Waals surface area contributed by atoms with Crippen LogP contribution in [0.3, 0.4) is 0 Å². The lowest BCUT2D eigenvalue weighted by Crippen LogP contribution is -2.43. The Labute approximate surface area is 160 Å². The van der Waals surface area contributed by atoms with E-state index in [1.54, 1.807) is 6.20 Å². The third-order valence-corrected chi connectivity index (χ3v) is 7.64. The van der Waals surface area contributed by atoms with Gasteiger partial charge in [-0.25, -0.2) is 0 Å². The van der Waals surface area contributed by atoms with Gasteiger partial charge in [0.25, 0.3) is 0 Å². The van der Waals surface area contributed by atoms with E-state index in [0.29, 0.717) is 12.7 Å². The number of nitrogens with zero attached hydrogens (tertiary/aromatic N) is 5. The van der Waals surface area contributed by atoms with E-state index in [1.807, 2.05) is 30.3 Å². The topological polar surface area (TPSA) is 45.2 Å². The molecule has 27 heavy (non-hydrogen) atoms. The summed E-state index contributed by atoms with van der Waals surface area (Å²) < 4.78 is 14.0. The number of hydrogen-bond acceptors (Lipinski definition) is 5. The number of rotatable bonds is 6. The Morgan fingerprint density at radius 3 is 2.41 bits per heavy atom. The van der Waals surface area contributed by atoms with E-state index in [4.69, 9.17) is 0 Å². The van der Waals surface area contributed by atoms with Crippen molar-refractivity contribution in [2.45, 2.75) is 6.54 Å². The highest BCUT2D eigenvalue weighted by Crippen LogP contribution is 2.73. The second-order valence-corrected chi connectivity index (χ2v) is 10.5. The lowest BCUT2D eigenvalue weighted by molar-refractivity contribution is 0.219. The maximum Gasteiger partial charge on any atom is 0.211 e. The Morgan fingerprint density at radius 1 is 0.963 bits per heavy atom. The number of halogens is 1. The normalized spacial score (nSPS) is 18.7. The van der Waals surface area contributed by atoms with Gasteiger partial charge in [-0.15, -0.1) is 5.10 Å². The molecule has 4 heterocycles. The van der Waals surface area contributed by atoms with Gasteiger partial charge in [-0.3, -0.25) is 4.98 Å². The highest BCUT2D eigenvalue weighted by molar-refractivity contribution is 7.78. The molecular formula is C20H24FN5P+. The van der Waals surface area contributed by atoms with Crippen LogP contribution >= 0.6 is 7.57 Å². The van der Waals surface area contributed by atoms with Gasteiger partial charge in [0, 0.05) is 19.3 Å². The van der Waals surface area contributed by atoms with E-state index in [1.165, 1.54) is 0 Å². The van der Waals surface area contributed by atoms with E-state index >= 15 is 0 Å². The van der Waals surface area contributed by atoms with Crippen LogP contribution in [0.25, 0.3) is 11.4 Å². The number of hydrogen-bond donors (Lipinski definition) is 0. The van der Waals surface area contributed by atoms with Crippen molar-refractivity contribution in [3.8, 4) is 11.4 Å². The fourth-order valence-electron chi connectivity index (χ4n) is 3.22. The van der Waals surface area contributed by atoms with Gasteiger partial charge in [-0.1, -0.05) is 23.4 Å². The van der Waals surface area contributed by atoms with Crippen molar-refractivity contribution in [2.24, 2.45) is 0 Å². The van der Waals surface area contributed by atoms with Crippen LogP contribution in [0.15, 0.2) is 61.1 Å². The van der Waals surface area contributed by atoms with E-state index in [9.17, 15) is 4.20 Å². The summed E-state index contributed by atoms with van der Waals surface area (Å²) >= 11 is 0. The number of aromatic nitrogens is 3. The quantitative estimate of drug-likeness (QED) is 0.712. The standard InChI is InChI=1S/C20H24FN5P/c1-16-17(2)26(10-9-25(16)11-12-27(21)13-14-27)15-18-6-7-20(24-23-18)19-5-3-4-8-22-19/h3-8H,1-2,9-15H2/q+1. The zero-order chi connectivity index (χ0) is 18.9. The molecule has 0 aliphatic carbocycles. The van der Waals surface area contributed by atoms with Crippen molar-refractivity contribution in [2.75, 3.05) is 38.1 Å². The van der Waals surface area contributed by atoms with E-state index < -0.39 is 7.57 Å². The summed E-state index contributed by atoms with van der Waals surface area (Å²) in [6.07, 6.45) is 4.07. The molecule has 0 atom stereocenters. The summed E-state index contributed by atoms with van der Waals surface area (Å²) in [5.41, 5.74) is 4.23. The summed E-state index contributed by atoms with van der Waals surface area (Å²) in [5, 5.41) is 8.64. The fraction of sp³-hybridized carbons (Fsp3) is 0.350. The molecular weight excluding hydrogens is 360 g/mol. The zero-order valence-corrected chi connectivity index (χ0v) is 16.3. The predicted octanol–water partition coefficient (Wildman–Crippen LogP) is 3.60. The average molecular weight is 384 g/mol. The van der Waals surface area contributed by atoms with Crippen molar-refractivity contribution in [1.29, 1.82) is 0 Å². The van der Waals surface area contributed by atoms with Crippen molar-refractivity contribution in [3.63, 3.8) is 0 Å². The molecule has 7 heteroatoms. The van der Waals surface area contributed by atoms with E-state index in [-0.39, 0.29) is 0 Å². The van der Waals surface area contributed by atoms with Gasteiger partial charge in [0.1, 0.15) is 24.2 Å². The Balaban J connectivity index is 1.36. The smallest absolute Gasteiger partial charge is 0.211 e. The second-order valence-electron chi connectivity index (χ2n) is 7.13. The molecule has 0 N–H and O–H groups in total. The summed E-state index contributed by atoms with van der Waals surface area (Å²) in [4.78, 5) is 8.64. The maximum absolute atomic E-state index is 14.0. The third-order valence-electron chi connectivity index (χ3n) is 5.22. The van der Waals surface area contributed by atoms with Crippen LogP contribution < -0.4 is 0 Å². The van der Waals surface area contributed by atoms with E-state index in [0.717, 1.165) is 60.4 Å². The minimum absolute atomic E-state index is 0.640. The number of piperazine rings is 1. The predicted molar refractivity (Wildman–Crippen MR) is 108 cm³/mol. The van der Waals surface area contributed by atoms with Crippen LogP contribution in [0.1, 0.15) is 5.69 Å². The van der Waals surface area contributed by atoms with Crippen LogP contribution in [0.5, 0.6) is 0 Å². The molecule has 5 nitrogen and oxygen atoms in total. The highest BCUT2D eigenvalue weighted by Gasteiger charge is 2.54. The van der Waals surface area contributed by atoms with Crippen molar-refractivity contribution in [3.05, 3.63) is 66.8 Å². The van der Waals surface area contributed by atoms with Gasteiger partial charge in [0.2, 0.25) is 7.57 Å². The summed E-state index contributed by atoms with van der Waals surface area (Å²) in [7, 11) is -2.03. The molecule has 0 unspecified atom stereocenters. The van der Waals surface area contributed by atoms with Crippen LogP contribution in [-0.4, -0.2) is 63.1 Å². The molecule has 140 valence electrons. The van der Waals surface area contributed by atoms with Gasteiger partial charge < -0.3 is 9.80 Å². The Bertz CT molecular complexity index is 835. The Morgan fingerprint density at radius 2 is 1.74 bits per heavy atom. The molecule has 0 bridgehead atoms. The SMILES string of the molecule is C=C1C(=C)N(Cc2ccc(-c3ccccn3)nn2)CCN1CC[P+]1(F)CC1. The van der Waals surface area contributed by atoms with Crippen molar-refractivity contribution >= 4 is 7.57 Å². The van der Waals surface area contributed by atoms with Crippen LogP contribution in [0.2, 0.25) is 0 Å². The fourth-order valence-corrected chi connectivity index (χ4v) is 5.14. The van der Waals surface area contributed by atoms with Gasteiger partial charge in [-0.05, 0) is 24.3 Å². The first-order valence-corrected chi connectivity index (χ1v) is 11.5. The number of pyridine rings is 1. The Hall–Kier alpha value is -2.33. The zero-order valence-electron chi connectivity index (χ0n) is 15.4. The summed E-state index contributed by atoms with van der Waals surface area (Å²) in [5.74, 6) is 0. The molecule has 0 spiro atoms. The van der Waals surface area contributed by atoms with Gasteiger partial charge >= 0.3 is 0 Å². The molecule has 2 aromatic heterocycles. The van der Waals surface area contributed by atoms with Crippen LogP contribution in [0.4, 0.5) is 4.20 Å². The molecule has 2 aliphatic rings. The summed E-state index contributed by atoms with van der Waals surface area (Å²) in [6.45, 7) is 11.4. The monoisotopic (exact) mass is 384 g/mol. The van der Waals surface area contributed by atoms with Gasteiger partial charge in [-0.2, -0.15) is 5.10 Å². The largest absolute Gasteiger partial charge is 0.365 e. The molecule has 0 amide bonds. The van der Waals surface area contributed by atoms with Gasteiger partial charge in [0.05, 0.1) is 35.9 Å². The highest BCUT2D eigenvalue weighted by atomic mass is 31.2. The second kappa shape index (κ2) is 7.35. The molecule has 0 saturated carbocycles. The van der Waals surface area contributed by atoms with Crippen LogP contribution in [0, 0.1) is 0 Å². The lowest BCUT2D eigenvalue weighted by atomic mass is 10.2. The van der Waals surface area contributed by atoms with Gasteiger partial charge in [0.15, 0.2) is 0 Å². The minimum atomic E-state index is -2.03. The van der Waals surface area contributed by atoms with Crippen molar-refractivity contribution in [1.82, 2.24) is 25.0 Å². The molecule has 0 aromatic carbocycles. The molecule has 2 saturated heterocycles. The first kappa shape index (κ1) is 18.1. The molecule has 0 radical (unpaired) electrons. The van der Waals surface area contributed by atoms with E-state index in [2.05, 4.69) is 38.1 Å². The summed E-state index contributed by atoms with van der Waals surface area (Å²) in [6, 6.07) is 9.65. The maximum atomic E-state index is 14.0. The Kier molecular flexibility index (Phi) is 4.92. The molecule has 2 aromatic rings.